The predicted octanol–water partition coefficient (Wildman–Crippen LogP) is 0.0824. The van der Waals surface area contributed by atoms with Gasteiger partial charge in [-0.25, -0.2) is 15.0 Å². The number of nitrogens with zero attached hydrogens (tertiary/aromatic N) is 7. The number of nitrogens with two attached hydrogens (primary N) is 2. The third-order valence-corrected chi connectivity index (χ3v) is 4.73. The molecule has 1 aliphatic heterocycles. The van der Waals surface area contributed by atoms with E-state index in [0.717, 1.165) is 42.8 Å². The Morgan fingerprint density at radius 2 is 2.00 bits per heavy atom. The van der Waals surface area contributed by atoms with Gasteiger partial charge in [0.25, 0.3) is 5.91 Å². The van der Waals surface area contributed by atoms with E-state index in [9.17, 15) is 4.79 Å². The van der Waals surface area contributed by atoms with Crippen molar-refractivity contribution in [3.05, 3.63) is 24.5 Å². The Hall–Kier alpha value is -3.17. The van der Waals surface area contributed by atoms with Crippen LogP contribution >= 0.6 is 0 Å². The molecule has 4 N–H and O–H groups in total. The Kier molecular flexibility index (Phi) is 3.52. The first-order valence-corrected chi connectivity index (χ1v) is 8.06. The first kappa shape index (κ1) is 15.4. The van der Waals surface area contributed by atoms with E-state index in [1.165, 1.54) is 0 Å². The molecule has 3 aromatic rings. The van der Waals surface area contributed by atoms with Crippen molar-refractivity contribution in [2.75, 3.05) is 23.7 Å². The van der Waals surface area contributed by atoms with E-state index in [-0.39, 0.29) is 11.7 Å². The van der Waals surface area contributed by atoms with Crippen LogP contribution in [0.15, 0.2) is 18.9 Å². The van der Waals surface area contributed by atoms with E-state index in [1.807, 2.05) is 11.6 Å². The van der Waals surface area contributed by atoms with Gasteiger partial charge in [-0.2, -0.15) is 5.10 Å². The fraction of sp³-hybridized carbons (Fsp3) is 0.400. The van der Waals surface area contributed by atoms with Crippen LogP contribution < -0.4 is 16.4 Å². The summed E-state index contributed by atoms with van der Waals surface area (Å²) in [4.78, 5) is 26.3. The highest BCUT2D eigenvalue weighted by Gasteiger charge is 2.26. The molecule has 0 unspecified atom stereocenters. The van der Waals surface area contributed by atoms with Crippen LogP contribution in [0, 0.1) is 0 Å². The molecule has 25 heavy (non-hydrogen) atoms. The van der Waals surface area contributed by atoms with Gasteiger partial charge in [0.2, 0.25) is 0 Å². The summed E-state index contributed by atoms with van der Waals surface area (Å²) in [7, 11) is 1.86. The van der Waals surface area contributed by atoms with Crippen LogP contribution in [-0.4, -0.2) is 48.3 Å². The van der Waals surface area contributed by atoms with E-state index in [1.54, 1.807) is 23.5 Å². The van der Waals surface area contributed by atoms with Crippen LogP contribution in [0.5, 0.6) is 0 Å². The van der Waals surface area contributed by atoms with Crippen molar-refractivity contribution < 1.29 is 4.79 Å². The zero-order valence-electron chi connectivity index (χ0n) is 13.8. The lowest BCUT2D eigenvalue weighted by molar-refractivity contribution is 0.0997. The van der Waals surface area contributed by atoms with Gasteiger partial charge in [-0.1, -0.05) is 0 Å². The third kappa shape index (κ3) is 2.46. The standard InChI is InChI=1S/C15H19N9O/c1-22-14-10(6-21-22)15(19-7-18-14)23-4-2-9(3-5-23)24-8-20-11(12(24)16)13(17)25/h6-9H,2-5,16H2,1H3,(H2,17,25). The number of hydrogen-bond donors (Lipinski definition) is 2. The summed E-state index contributed by atoms with van der Waals surface area (Å²) >= 11 is 0. The SMILES string of the molecule is Cn1ncc2c(N3CCC(n4cnc(C(N)=O)c4N)CC3)ncnc21. The number of aryl methyl sites for hydroxylation is 1. The highest BCUT2D eigenvalue weighted by molar-refractivity contribution is 5.95. The number of carbonyl (C=O) groups is 1. The van der Waals surface area contributed by atoms with Crippen molar-refractivity contribution in [1.82, 2.24) is 29.3 Å². The average molecular weight is 341 g/mol. The van der Waals surface area contributed by atoms with Crippen molar-refractivity contribution >= 4 is 28.6 Å². The lowest BCUT2D eigenvalue weighted by atomic mass is 10.0. The monoisotopic (exact) mass is 341 g/mol. The molecule has 0 radical (unpaired) electrons. The number of primary amides is 1. The molecule has 130 valence electrons. The first-order chi connectivity index (χ1) is 12.1. The fourth-order valence-corrected chi connectivity index (χ4v) is 3.41. The molecule has 0 atom stereocenters. The minimum Gasteiger partial charge on any atom is -0.383 e. The number of piperidine rings is 1. The Morgan fingerprint density at radius 3 is 2.68 bits per heavy atom. The van der Waals surface area contributed by atoms with Gasteiger partial charge in [-0.15, -0.1) is 0 Å². The number of anilines is 2. The van der Waals surface area contributed by atoms with E-state index in [0.29, 0.717) is 5.82 Å². The van der Waals surface area contributed by atoms with Crippen molar-refractivity contribution in [1.29, 1.82) is 0 Å². The lowest BCUT2D eigenvalue weighted by Gasteiger charge is -2.33. The van der Waals surface area contributed by atoms with Gasteiger partial charge in [-0.3, -0.25) is 9.48 Å². The van der Waals surface area contributed by atoms with Crippen LogP contribution in [0.25, 0.3) is 11.0 Å². The van der Waals surface area contributed by atoms with Gasteiger partial charge in [0.05, 0.1) is 17.9 Å². The van der Waals surface area contributed by atoms with Crippen molar-refractivity contribution in [3.63, 3.8) is 0 Å². The second kappa shape index (κ2) is 5.72. The van der Waals surface area contributed by atoms with Crippen LogP contribution in [0.4, 0.5) is 11.6 Å². The molecule has 0 aliphatic carbocycles. The van der Waals surface area contributed by atoms with Crippen LogP contribution in [0.2, 0.25) is 0 Å². The molecular weight excluding hydrogens is 322 g/mol. The first-order valence-electron chi connectivity index (χ1n) is 8.06. The van der Waals surface area contributed by atoms with Crippen molar-refractivity contribution in [3.8, 4) is 0 Å². The maximum atomic E-state index is 11.3. The van der Waals surface area contributed by atoms with Gasteiger partial charge >= 0.3 is 0 Å². The molecule has 3 aromatic heterocycles. The molecule has 0 saturated carbocycles. The smallest absolute Gasteiger partial charge is 0.271 e. The second-order valence-electron chi connectivity index (χ2n) is 6.17. The molecule has 10 heteroatoms. The summed E-state index contributed by atoms with van der Waals surface area (Å²) in [6, 6.07) is 0.183. The summed E-state index contributed by atoms with van der Waals surface area (Å²) in [6.07, 6.45) is 6.69. The molecule has 0 aromatic carbocycles. The number of aromatic nitrogens is 6. The highest BCUT2D eigenvalue weighted by atomic mass is 16.1. The van der Waals surface area contributed by atoms with E-state index >= 15 is 0 Å². The number of carbonyl (C=O) groups excluding carboxylic acids is 1. The van der Waals surface area contributed by atoms with E-state index in [4.69, 9.17) is 11.5 Å². The Balaban J connectivity index is 1.54. The van der Waals surface area contributed by atoms with E-state index in [2.05, 4.69) is 25.0 Å². The third-order valence-electron chi connectivity index (χ3n) is 4.73. The van der Waals surface area contributed by atoms with Crippen molar-refractivity contribution in [2.45, 2.75) is 18.9 Å². The topological polar surface area (TPSA) is 134 Å². The molecule has 1 amide bonds. The zero-order chi connectivity index (χ0) is 17.6. The molecule has 1 aliphatic rings. The molecule has 0 spiro atoms. The summed E-state index contributed by atoms with van der Waals surface area (Å²) in [5.74, 6) is 0.629. The number of hydrogen-bond acceptors (Lipinski definition) is 7. The van der Waals surface area contributed by atoms with Crippen LogP contribution in [0.3, 0.4) is 0 Å². The normalized spacial score (nSPS) is 15.8. The minimum atomic E-state index is -0.603. The molecule has 4 rings (SSSR count). The Labute approximate surface area is 143 Å². The average Bonchev–Trinajstić information content (AvgIpc) is 3.18. The van der Waals surface area contributed by atoms with E-state index < -0.39 is 5.91 Å². The maximum Gasteiger partial charge on any atom is 0.271 e. The fourth-order valence-electron chi connectivity index (χ4n) is 3.41. The van der Waals surface area contributed by atoms with Gasteiger partial charge in [0.15, 0.2) is 11.3 Å². The predicted molar refractivity (Wildman–Crippen MR) is 91.9 cm³/mol. The van der Waals surface area contributed by atoms with Gasteiger partial charge in [0.1, 0.15) is 18.0 Å². The van der Waals surface area contributed by atoms with Gasteiger partial charge in [-0.05, 0) is 12.8 Å². The lowest BCUT2D eigenvalue weighted by Crippen LogP contribution is -2.35. The minimum absolute atomic E-state index is 0.135. The summed E-state index contributed by atoms with van der Waals surface area (Å²) < 4.78 is 3.59. The highest BCUT2D eigenvalue weighted by Crippen LogP contribution is 2.30. The molecule has 0 bridgehead atoms. The number of rotatable bonds is 3. The number of fused-ring (bicyclic) bond motifs is 1. The largest absolute Gasteiger partial charge is 0.383 e. The zero-order valence-corrected chi connectivity index (χ0v) is 13.8. The van der Waals surface area contributed by atoms with Crippen LogP contribution in [-0.2, 0) is 7.05 Å². The Bertz CT molecular complexity index is 936. The molecule has 1 saturated heterocycles. The molecule has 1 fully saturated rings. The second-order valence-corrected chi connectivity index (χ2v) is 6.17. The summed E-state index contributed by atoms with van der Waals surface area (Å²) in [5.41, 5.74) is 12.2. The number of amides is 1. The maximum absolute atomic E-state index is 11.3. The molecule has 4 heterocycles. The molecule has 10 nitrogen and oxygen atoms in total. The Morgan fingerprint density at radius 1 is 1.24 bits per heavy atom. The summed E-state index contributed by atoms with van der Waals surface area (Å²) in [6.45, 7) is 1.63. The van der Waals surface area contributed by atoms with Gasteiger partial charge in [0, 0.05) is 26.2 Å². The van der Waals surface area contributed by atoms with Gasteiger partial charge < -0.3 is 20.9 Å². The number of nitrogen functional groups attached to an aromatic ring is 1. The van der Waals surface area contributed by atoms with Crippen molar-refractivity contribution in [2.24, 2.45) is 12.8 Å². The summed E-state index contributed by atoms with van der Waals surface area (Å²) in [5, 5.41) is 5.21. The van der Waals surface area contributed by atoms with Crippen LogP contribution in [0.1, 0.15) is 29.4 Å². The molecular formula is C15H19N9O. The quantitative estimate of drug-likeness (QED) is 0.689. The number of imidazole rings is 1.